The highest BCUT2D eigenvalue weighted by Gasteiger charge is 2.21. The first-order chi connectivity index (χ1) is 11.6. The number of aromatic nitrogens is 2. The molecule has 5 heteroatoms. The second-order valence-electron chi connectivity index (χ2n) is 7.53. The van der Waals surface area contributed by atoms with Crippen molar-refractivity contribution < 1.29 is 4.79 Å². The maximum atomic E-state index is 12.6. The Morgan fingerprint density at radius 3 is 2.42 bits per heavy atom. The molecule has 1 aromatic heterocycles. The Labute approximate surface area is 145 Å². The van der Waals surface area contributed by atoms with Gasteiger partial charge in [-0.3, -0.25) is 4.79 Å². The number of hydrogen-bond acceptors (Lipinski definition) is 4. The third kappa shape index (κ3) is 4.46. The third-order valence-electron chi connectivity index (χ3n) is 5.33. The Hall–Kier alpha value is -1.65. The Morgan fingerprint density at radius 1 is 1.08 bits per heavy atom. The number of carbonyl (C=O) groups is 1. The average Bonchev–Trinajstić information content (AvgIpc) is 2.83. The van der Waals surface area contributed by atoms with Crippen LogP contribution in [-0.2, 0) is 0 Å². The Bertz CT molecular complexity index is 558. The number of anilines is 1. The highest BCUT2D eigenvalue weighted by molar-refractivity contribution is 5.92. The van der Waals surface area contributed by atoms with E-state index >= 15 is 0 Å². The zero-order valence-electron chi connectivity index (χ0n) is 15.1. The molecular formula is C19H30N4O. The van der Waals surface area contributed by atoms with Gasteiger partial charge in [0.05, 0.1) is 0 Å². The van der Waals surface area contributed by atoms with Gasteiger partial charge in [0.15, 0.2) is 0 Å². The molecule has 3 rings (SSSR count). The van der Waals surface area contributed by atoms with Crippen LogP contribution in [0.1, 0.15) is 74.5 Å². The lowest BCUT2D eigenvalue weighted by atomic mass is 10.00. The molecule has 2 aliphatic rings. The van der Waals surface area contributed by atoms with E-state index in [4.69, 9.17) is 0 Å². The van der Waals surface area contributed by atoms with Gasteiger partial charge in [-0.1, -0.05) is 32.6 Å². The predicted molar refractivity (Wildman–Crippen MR) is 96.3 cm³/mol. The summed E-state index contributed by atoms with van der Waals surface area (Å²) in [7, 11) is 0. The summed E-state index contributed by atoms with van der Waals surface area (Å²) < 4.78 is 0. The van der Waals surface area contributed by atoms with E-state index in [0.29, 0.717) is 17.7 Å². The molecule has 1 saturated heterocycles. The quantitative estimate of drug-likeness (QED) is 0.862. The normalized spacial score (nSPS) is 20.7. The van der Waals surface area contributed by atoms with Crippen LogP contribution in [0.5, 0.6) is 0 Å². The van der Waals surface area contributed by atoms with Crippen molar-refractivity contribution in [3.8, 4) is 0 Å². The van der Waals surface area contributed by atoms with Crippen molar-refractivity contribution in [2.45, 2.75) is 71.3 Å². The van der Waals surface area contributed by atoms with Crippen LogP contribution < -0.4 is 10.2 Å². The second-order valence-corrected chi connectivity index (χ2v) is 7.53. The molecule has 1 saturated carbocycles. The van der Waals surface area contributed by atoms with Gasteiger partial charge in [-0.2, -0.15) is 0 Å². The van der Waals surface area contributed by atoms with E-state index in [1.807, 2.05) is 13.0 Å². The van der Waals surface area contributed by atoms with Gasteiger partial charge in [0.2, 0.25) is 5.95 Å². The minimum atomic E-state index is -0.0426. The van der Waals surface area contributed by atoms with Gasteiger partial charge >= 0.3 is 0 Å². The second kappa shape index (κ2) is 7.95. The maximum absolute atomic E-state index is 12.6. The fourth-order valence-electron chi connectivity index (χ4n) is 3.70. The first kappa shape index (κ1) is 17.2. The molecule has 24 heavy (non-hydrogen) atoms. The van der Waals surface area contributed by atoms with E-state index in [1.165, 1.54) is 38.5 Å². The predicted octanol–water partition coefficient (Wildman–Crippen LogP) is 3.47. The summed E-state index contributed by atoms with van der Waals surface area (Å²) in [6.45, 7) is 6.20. The van der Waals surface area contributed by atoms with Gasteiger partial charge in [-0.25, -0.2) is 9.97 Å². The van der Waals surface area contributed by atoms with Crippen LogP contribution in [0.3, 0.4) is 0 Å². The van der Waals surface area contributed by atoms with Gasteiger partial charge in [0.1, 0.15) is 5.69 Å². The van der Waals surface area contributed by atoms with Crippen molar-refractivity contribution in [1.82, 2.24) is 15.3 Å². The summed E-state index contributed by atoms with van der Waals surface area (Å²) in [5.74, 6) is 1.44. The lowest BCUT2D eigenvalue weighted by molar-refractivity contribution is 0.0928. The number of aryl methyl sites for hydroxylation is 1. The average molecular weight is 330 g/mol. The van der Waals surface area contributed by atoms with Crippen LogP contribution in [0.2, 0.25) is 0 Å². The zero-order chi connectivity index (χ0) is 16.9. The monoisotopic (exact) mass is 330 g/mol. The Kier molecular flexibility index (Phi) is 5.69. The standard InChI is InChI=1S/C19H30N4O/c1-14-9-11-23(12-10-14)19-20-15(2)13-17(22-19)18(24)21-16-7-5-3-4-6-8-16/h13-14,16H,3-12H2,1-2H3,(H,21,24). The van der Waals surface area contributed by atoms with Crippen molar-refractivity contribution in [2.75, 3.05) is 18.0 Å². The Balaban J connectivity index is 1.69. The highest BCUT2D eigenvalue weighted by atomic mass is 16.1. The number of rotatable bonds is 3. The van der Waals surface area contributed by atoms with Crippen LogP contribution in [0.15, 0.2) is 6.07 Å². The summed E-state index contributed by atoms with van der Waals surface area (Å²) in [6.07, 6.45) is 9.52. The summed E-state index contributed by atoms with van der Waals surface area (Å²) >= 11 is 0. The molecular weight excluding hydrogens is 300 g/mol. The lowest BCUT2D eigenvalue weighted by Crippen LogP contribution is -2.37. The van der Waals surface area contributed by atoms with Gasteiger partial charge in [-0.05, 0) is 44.6 Å². The number of carbonyl (C=O) groups excluding carboxylic acids is 1. The number of amides is 1. The molecule has 1 amide bonds. The van der Waals surface area contributed by atoms with Gasteiger partial charge in [0.25, 0.3) is 5.91 Å². The topological polar surface area (TPSA) is 58.1 Å². The molecule has 1 N–H and O–H groups in total. The van der Waals surface area contributed by atoms with Crippen molar-refractivity contribution >= 4 is 11.9 Å². The van der Waals surface area contributed by atoms with Crippen LogP contribution in [-0.4, -0.2) is 35.0 Å². The fourth-order valence-corrected chi connectivity index (χ4v) is 3.70. The van der Waals surface area contributed by atoms with E-state index in [0.717, 1.165) is 37.5 Å². The molecule has 1 aliphatic heterocycles. The molecule has 0 atom stereocenters. The molecule has 1 aliphatic carbocycles. The molecule has 0 unspecified atom stereocenters. The van der Waals surface area contributed by atoms with Crippen LogP contribution in [0.4, 0.5) is 5.95 Å². The van der Waals surface area contributed by atoms with E-state index in [2.05, 4.69) is 27.1 Å². The van der Waals surface area contributed by atoms with Gasteiger partial charge in [0, 0.05) is 24.8 Å². The van der Waals surface area contributed by atoms with Gasteiger partial charge < -0.3 is 10.2 Å². The molecule has 1 aromatic rings. The number of piperidine rings is 1. The smallest absolute Gasteiger partial charge is 0.270 e. The molecule has 0 bridgehead atoms. The van der Waals surface area contributed by atoms with Crippen molar-refractivity contribution in [3.05, 3.63) is 17.5 Å². The summed E-state index contributed by atoms with van der Waals surface area (Å²) in [5, 5.41) is 3.19. The van der Waals surface area contributed by atoms with Crippen molar-refractivity contribution in [1.29, 1.82) is 0 Å². The van der Waals surface area contributed by atoms with Gasteiger partial charge in [-0.15, -0.1) is 0 Å². The zero-order valence-corrected chi connectivity index (χ0v) is 15.1. The van der Waals surface area contributed by atoms with E-state index < -0.39 is 0 Å². The van der Waals surface area contributed by atoms with E-state index in [9.17, 15) is 4.79 Å². The summed E-state index contributed by atoms with van der Waals surface area (Å²) in [5.41, 5.74) is 1.38. The largest absolute Gasteiger partial charge is 0.348 e. The molecule has 132 valence electrons. The molecule has 2 heterocycles. The van der Waals surface area contributed by atoms with Crippen LogP contribution in [0, 0.1) is 12.8 Å². The minimum Gasteiger partial charge on any atom is -0.348 e. The fraction of sp³-hybridized carbons (Fsp3) is 0.737. The van der Waals surface area contributed by atoms with Crippen LogP contribution in [0.25, 0.3) is 0 Å². The highest BCUT2D eigenvalue weighted by Crippen LogP contribution is 2.21. The first-order valence-corrected chi connectivity index (χ1v) is 9.53. The maximum Gasteiger partial charge on any atom is 0.270 e. The number of nitrogens with one attached hydrogen (secondary N) is 1. The minimum absolute atomic E-state index is 0.0426. The first-order valence-electron chi connectivity index (χ1n) is 9.53. The summed E-state index contributed by atoms with van der Waals surface area (Å²) in [6, 6.07) is 2.11. The SMILES string of the molecule is Cc1cc(C(=O)NC2CCCCCC2)nc(N2CCC(C)CC2)n1. The van der Waals surface area contributed by atoms with Crippen LogP contribution >= 0.6 is 0 Å². The third-order valence-corrected chi connectivity index (χ3v) is 5.33. The Morgan fingerprint density at radius 2 is 1.75 bits per heavy atom. The molecule has 2 fully saturated rings. The van der Waals surface area contributed by atoms with E-state index in [1.54, 1.807) is 0 Å². The molecule has 0 radical (unpaired) electrons. The number of hydrogen-bond donors (Lipinski definition) is 1. The van der Waals surface area contributed by atoms with Crippen molar-refractivity contribution in [3.63, 3.8) is 0 Å². The molecule has 5 nitrogen and oxygen atoms in total. The lowest BCUT2D eigenvalue weighted by Gasteiger charge is -2.30. The summed E-state index contributed by atoms with van der Waals surface area (Å²) in [4.78, 5) is 24.0. The van der Waals surface area contributed by atoms with E-state index in [-0.39, 0.29) is 5.91 Å². The number of nitrogens with zero attached hydrogens (tertiary/aromatic N) is 3. The van der Waals surface area contributed by atoms with Crippen molar-refractivity contribution in [2.24, 2.45) is 5.92 Å². The molecule has 0 aromatic carbocycles. The molecule has 0 spiro atoms.